The molecule has 0 heterocycles. The van der Waals surface area contributed by atoms with Gasteiger partial charge in [0, 0.05) is 13.1 Å². The number of carboxylic acids is 1. The lowest BCUT2D eigenvalue weighted by molar-refractivity contribution is -0.130. The van der Waals surface area contributed by atoms with Crippen molar-refractivity contribution in [2.75, 3.05) is 13.7 Å². The van der Waals surface area contributed by atoms with Crippen molar-refractivity contribution < 1.29 is 19.4 Å². The average molecular weight is 327 g/mol. The second kappa shape index (κ2) is 8.15. The van der Waals surface area contributed by atoms with E-state index in [0.29, 0.717) is 18.7 Å². The van der Waals surface area contributed by atoms with Crippen LogP contribution in [0.15, 0.2) is 48.5 Å². The normalized spacial score (nSPS) is 10.2. The van der Waals surface area contributed by atoms with E-state index in [2.05, 4.69) is 0 Å². The molecule has 0 aliphatic heterocycles. The van der Waals surface area contributed by atoms with Gasteiger partial charge in [-0.2, -0.15) is 0 Å². The summed E-state index contributed by atoms with van der Waals surface area (Å²) >= 11 is 0. The Morgan fingerprint density at radius 1 is 1.08 bits per heavy atom. The van der Waals surface area contributed by atoms with Gasteiger partial charge >= 0.3 is 5.97 Å². The zero-order valence-electron chi connectivity index (χ0n) is 13.9. The van der Waals surface area contributed by atoms with E-state index in [9.17, 15) is 14.7 Å². The third kappa shape index (κ3) is 4.35. The first kappa shape index (κ1) is 17.5. The summed E-state index contributed by atoms with van der Waals surface area (Å²) in [5, 5.41) is 9.22. The fourth-order valence-electron chi connectivity index (χ4n) is 2.49. The number of rotatable bonds is 7. The van der Waals surface area contributed by atoms with Gasteiger partial charge in [-0.15, -0.1) is 0 Å². The maximum absolute atomic E-state index is 12.6. The summed E-state index contributed by atoms with van der Waals surface area (Å²) in [5.41, 5.74) is 1.70. The first-order valence-electron chi connectivity index (χ1n) is 7.77. The summed E-state index contributed by atoms with van der Waals surface area (Å²) < 4.78 is 5.13. The second-order valence-corrected chi connectivity index (χ2v) is 5.40. The van der Waals surface area contributed by atoms with Crippen LogP contribution in [-0.2, 0) is 17.8 Å². The number of likely N-dealkylation sites (N-methyl/N-ethyl adjacent to an activating group) is 1. The van der Waals surface area contributed by atoms with E-state index in [-0.39, 0.29) is 17.9 Å². The van der Waals surface area contributed by atoms with Gasteiger partial charge in [0.25, 0.3) is 0 Å². The zero-order chi connectivity index (χ0) is 17.5. The molecule has 0 fully saturated rings. The number of amides is 1. The molecule has 0 aliphatic carbocycles. The van der Waals surface area contributed by atoms with Crippen molar-refractivity contribution in [1.82, 2.24) is 4.90 Å². The number of aromatic carboxylic acids is 1. The van der Waals surface area contributed by atoms with E-state index in [0.717, 1.165) is 11.3 Å². The number of hydrogen-bond acceptors (Lipinski definition) is 3. The van der Waals surface area contributed by atoms with E-state index in [1.165, 1.54) is 6.07 Å². The van der Waals surface area contributed by atoms with Gasteiger partial charge in [0.05, 0.1) is 19.1 Å². The molecule has 0 spiro atoms. The van der Waals surface area contributed by atoms with Crippen LogP contribution >= 0.6 is 0 Å². The Hall–Kier alpha value is -2.82. The highest BCUT2D eigenvalue weighted by molar-refractivity contribution is 5.91. The molecule has 5 nitrogen and oxygen atoms in total. The van der Waals surface area contributed by atoms with Gasteiger partial charge in [-0.1, -0.05) is 30.3 Å². The lowest BCUT2D eigenvalue weighted by Crippen LogP contribution is -2.32. The summed E-state index contributed by atoms with van der Waals surface area (Å²) in [6, 6.07) is 14.1. The van der Waals surface area contributed by atoms with Crippen molar-refractivity contribution in [3.05, 3.63) is 65.2 Å². The predicted octanol–water partition coefficient (Wildman–Crippen LogP) is 2.98. The molecule has 0 saturated carbocycles. The molecule has 1 N–H and O–H groups in total. The third-order valence-electron chi connectivity index (χ3n) is 3.86. The zero-order valence-corrected chi connectivity index (χ0v) is 13.9. The monoisotopic (exact) mass is 327 g/mol. The predicted molar refractivity (Wildman–Crippen MR) is 91.2 cm³/mol. The Morgan fingerprint density at radius 2 is 1.75 bits per heavy atom. The van der Waals surface area contributed by atoms with Crippen LogP contribution in [0.4, 0.5) is 0 Å². The van der Waals surface area contributed by atoms with Gasteiger partial charge in [0.1, 0.15) is 5.75 Å². The Balaban J connectivity index is 2.10. The van der Waals surface area contributed by atoms with E-state index >= 15 is 0 Å². The maximum Gasteiger partial charge on any atom is 0.335 e. The number of benzene rings is 2. The third-order valence-corrected chi connectivity index (χ3v) is 3.86. The number of carbonyl (C=O) groups excluding carboxylic acids is 1. The summed E-state index contributed by atoms with van der Waals surface area (Å²) in [6.07, 6.45) is 0.0759. The van der Waals surface area contributed by atoms with Crippen LogP contribution in [-0.4, -0.2) is 35.5 Å². The Kier molecular flexibility index (Phi) is 5.95. The van der Waals surface area contributed by atoms with Crippen LogP contribution in [0.5, 0.6) is 5.75 Å². The fourth-order valence-corrected chi connectivity index (χ4v) is 2.49. The second-order valence-electron chi connectivity index (χ2n) is 5.40. The molecule has 126 valence electrons. The summed E-state index contributed by atoms with van der Waals surface area (Å²) in [7, 11) is 1.61. The van der Waals surface area contributed by atoms with Gasteiger partial charge in [-0.05, 0) is 36.2 Å². The van der Waals surface area contributed by atoms with E-state index in [4.69, 9.17) is 4.74 Å². The van der Waals surface area contributed by atoms with Gasteiger partial charge in [-0.3, -0.25) is 4.79 Å². The van der Waals surface area contributed by atoms with Crippen LogP contribution in [0.3, 0.4) is 0 Å². The van der Waals surface area contributed by atoms with E-state index < -0.39 is 5.97 Å². The largest absolute Gasteiger partial charge is 0.497 e. The van der Waals surface area contributed by atoms with Crippen LogP contribution < -0.4 is 4.74 Å². The van der Waals surface area contributed by atoms with Gasteiger partial charge in [0.2, 0.25) is 5.91 Å². The Labute approximate surface area is 141 Å². The number of nitrogens with zero attached hydrogens (tertiary/aromatic N) is 1. The molecule has 0 radical (unpaired) electrons. The standard InChI is InChI=1S/C19H21NO4/c1-3-20(13-14-8-10-16(24-2)11-9-14)18(21)12-15-6-4-5-7-17(15)19(22)23/h4-11H,3,12-13H2,1-2H3,(H,22,23). The molecule has 0 aromatic heterocycles. The molecular formula is C19H21NO4. The maximum atomic E-state index is 12.6. The molecule has 0 aliphatic rings. The molecule has 2 rings (SSSR count). The minimum absolute atomic E-state index is 0.0759. The summed E-state index contributed by atoms with van der Waals surface area (Å²) in [5.74, 6) is -0.345. The molecule has 0 saturated heterocycles. The van der Waals surface area contributed by atoms with Crippen molar-refractivity contribution in [3.63, 3.8) is 0 Å². The van der Waals surface area contributed by atoms with Crippen molar-refractivity contribution in [2.45, 2.75) is 19.9 Å². The summed E-state index contributed by atoms with van der Waals surface area (Å²) in [4.78, 5) is 25.5. The SMILES string of the molecule is CCN(Cc1ccc(OC)cc1)C(=O)Cc1ccccc1C(=O)O. The van der Waals surface area contributed by atoms with Crippen LogP contribution in [0.1, 0.15) is 28.4 Å². The number of carboxylic acid groups (broad SMARTS) is 1. The fraction of sp³-hybridized carbons (Fsp3) is 0.263. The number of hydrogen-bond donors (Lipinski definition) is 1. The molecule has 5 heteroatoms. The number of ether oxygens (including phenoxy) is 1. The van der Waals surface area contributed by atoms with Crippen molar-refractivity contribution in [1.29, 1.82) is 0 Å². The van der Waals surface area contributed by atoms with E-state index in [1.54, 1.807) is 30.2 Å². The van der Waals surface area contributed by atoms with Gasteiger partial charge in [-0.25, -0.2) is 4.79 Å². The minimum Gasteiger partial charge on any atom is -0.497 e. The molecule has 0 bridgehead atoms. The van der Waals surface area contributed by atoms with Crippen molar-refractivity contribution in [2.24, 2.45) is 0 Å². The smallest absolute Gasteiger partial charge is 0.335 e. The van der Waals surface area contributed by atoms with Crippen molar-refractivity contribution in [3.8, 4) is 5.75 Å². The topological polar surface area (TPSA) is 66.8 Å². The lowest BCUT2D eigenvalue weighted by Gasteiger charge is -2.21. The van der Waals surface area contributed by atoms with Crippen LogP contribution in [0, 0.1) is 0 Å². The highest BCUT2D eigenvalue weighted by Gasteiger charge is 2.17. The number of carbonyl (C=O) groups is 2. The number of methoxy groups -OCH3 is 1. The molecule has 24 heavy (non-hydrogen) atoms. The Morgan fingerprint density at radius 3 is 2.33 bits per heavy atom. The quantitative estimate of drug-likeness (QED) is 0.849. The molecule has 1 amide bonds. The average Bonchev–Trinajstić information content (AvgIpc) is 2.60. The Bertz CT molecular complexity index is 710. The highest BCUT2D eigenvalue weighted by Crippen LogP contribution is 2.15. The molecule has 2 aromatic rings. The first-order valence-corrected chi connectivity index (χ1v) is 7.77. The summed E-state index contributed by atoms with van der Waals surface area (Å²) in [6.45, 7) is 2.94. The highest BCUT2D eigenvalue weighted by atomic mass is 16.5. The van der Waals surface area contributed by atoms with Gasteiger partial charge in [0.15, 0.2) is 0 Å². The molecule has 0 atom stereocenters. The molecular weight excluding hydrogens is 306 g/mol. The molecule has 0 unspecified atom stereocenters. The van der Waals surface area contributed by atoms with E-state index in [1.807, 2.05) is 31.2 Å². The van der Waals surface area contributed by atoms with Crippen molar-refractivity contribution >= 4 is 11.9 Å². The molecule has 2 aromatic carbocycles. The van der Waals surface area contributed by atoms with Crippen LogP contribution in [0.2, 0.25) is 0 Å². The van der Waals surface area contributed by atoms with Gasteiger partial charge < -0.3 is 14.7 Å². The minimum atomic E-state index is -1.02. The lowest BCUT2D eigenvalue weighted by atomic mass is 10.0. The van der Waals surface area contributed by atoms with Crippen LogP contribution in [0.25, 0.3) is 0 Å². The first-order chi connectivity index (χ1) is 11.5.